The largest absolute Gasteiger partial charge is 0.406 e. The van der Waals surface area contributed by atoms with E-state index in [9.17, 15) is 18.0 Å². The minimum atomic E-state index is -4.41. The second kappa shape index (κ2) is 5.73. The predicted octanol–water partition coefficient (Wildman–Crippen LogP) is 2.13. The van der Waals surface area contributed by atoms with Crippen molar-refractivity contribution in [2.75, 3.05) is 18.4 Å². The van der Waals surface area contributed by atoms with Crippen LogP contribution in [-0.2, 0) is 7.05 Å². The number of aryl methyl sites for hydroxylation is 2. The van der Waals surface area contributed by atoms with Gasteiger partial charge in [-0.05, 0) is 13.0 Å². The Bertz CT molecular complexity index is 430. The van der Waals surface area contributed by atoms with Crippen LogP contribution in [0.15, 0.2) is 6.07 Å². The van der Waals surface area contributed by atoms with Crippen molar-refractivity contribution in [1.82, 2.24) is 14.7 Å². The van der Waals surface area contributed by atoms with E-state index in [4.69, 9.17) is 0 Å². The number of aromatic nitrogens is 2. The van der Waals surface area contributed by atoms with Gasteiger partial charge in [0.1, 0.15) is 12.2 Å². The van der Waals surface area contributed by atoms with Crippen molar-refractivity contribution in [3.63, 3.8) is 0 Å². The fourth-order valence-corrected chi connectivity index (χ4v) is 1.97. The summed E-state index contributed by atoms with van der Waals surface area (Å²) in [7, 11) is 1.53. The second-order valence-corrected chi connectivity index (χ2v) is 4.62. The lowest BCUT2D eigenvalue weighted by Gasteiger charge is -2.22. The summed E-state index contributed by atoms with van der Waals surface area (Å²) in [4.78, 5) is 12.7. The van der Waals surface area contributed by atoms with Crippen LogP contribution in [0, 0.1) is 6.92 Å². The van der Waals surface area contributed by atoms with Crippen LogP contribution < -0.4 is 0 Å². The van der Waals surface area contributed by atoms with E-state index >= 15 is 0 Å². The van der Waals surface area contributed by atoms with Crippen molar-refractivity contribution >= 4 is 21.8 Å². The summed E-state index contributed by atoms with van der Waals surface area (Å²) in [5.74, 6) is -0.671. The van der Waals surface area contributed by atoms with Crippen LogP contribution in [0.25, 0.3) is 0 Å². The number of nitrogens with zero attached hydrogens (tertiary/aromatic N) is 3. The Kier molecular flexibility index (Phi) is 4.78. The van der Waals surface area contributed by atoms with Crippen molar-refractivity contribution in [1.29, 1.82) is 0 Å². The van der Waals surface area contributed by atoms with E-state index < -0.39 is 18.6 Å². The van der Waals surface area contributed by atoms with Crippen LogP contribution in [0.1, 0.15) is 16.2 Å². The standard InChI is InChI=1S/C10H13BrF3N3O/c1-7-5-8(16(2)15-7)9(18)17(4-3-11)6-10(12,13)14/h5H,3-4,6H2,1-2H3. The Morgan fingerprint density at radius 3 is 2.56 bits per heavy atom. The normalized spacial score (nSPS) is 11.7. The molecule has 0 saturated carbocycles. The lowest BCUT2D eigenvalue weighted by atomic mass is 10.3. The molecule has 0 fully saturated rings. The third-order valence-electron chi connectivity index (χ3n) is 2.23. The highest BCUT2D eigenvalue weighted by Crippen LogP contribution is 2.18. The number of carbonyl (C=O) groups is 1. The minimum Gasteiger partial charge on any atom is -0.327 e. The summed E-state index contributed by atoms with van der Waals surface area (Å²) >= 11 is 3.04. The third kappa shape index (κ3) is 4.01. The molecule has 0 bridgehead atoms. The molecule has 0 aromatic carbocycles. The maximum absolute atomic E-state index is 12.4. The zero-order valence-electron chi connectivity index (χ0n) is 9.96. The lowest BCUT2D eigenvalue weighted by Crippen LogP contribution is -2.40. The Labute approximate surface area is 111 Å². The Hall–Kier alpha value is -1.05. The molecule has 1 rings (SSSR count). The number of hydrogen-bond acceptors (Lipinski definition) is 2. The van der Waals surface area contributed by atoms with Gasteiger partial charge in [0.2, 0.25) is 0 Å². The first-order chi connectivity index (χ1) is 8.24. The molecule has 0 aliphatic carbocycles. The summed E-state index contributed by atoms with van der Waals surface area (Å²) in [6.45, 7) is 0.402. The van der Waals surface area contributed by atoms with Crippen LogP contribution in [0.2, 0.25) is 0 Å². The molecule has 0 atom stereocenters. The van der Waals surface area contributed by atoms with Crippen LogP contribution in [0.3, 0.4) is 0 Å². The number of rotatable bonds is 4. The molecule has 1 amide bonds. The Balaban J connectivity index is 2.92. The molecule has 1 aromatic heterocycles. The quantitative estimate of drug-likeness (QED) is 0.794. The van der Waals surface area contributed by atoms with Gasteiger partial charge >= 0.3 is 6.18 Å². The van der Waals surface area contributed by atoms with Crippen LogP contribution >= 0.6 is 15.9 Å². The van der Waals surface area contributed by atoms with Crippen molar-refractivity contribution in [2.45, 2.75) is 13.1 Å². The maximum Gasteiger partial charge on any atom is 0.406 e. The van der Waals surface area contributed by atoms with Gasteiger partial charge in [0.05, 0.1) is 5.69 Å². The zero-order chi connectivity index (χ0) is 13.9. The topological polar surface area (TPSA) is 38.1 Å². The summed E-state index contributed by atoms with van der Waals surface area (Å²) in [5.41, 5.74) is 0.740. The molecule has 0 spiro atoms. The van der Waals surface area contributed by atoms with E-state index in [1.807, 2.05) is 0 Å². The van der Waals surface area contributed by atoms with E-state index in [1.165, 1.54) is 17.8 Å². The zero-order valence-corrected chi connectivity index (χ0v) is 11.5. The van der Waals surface area contributed by atoms with Crippen molar-refractivity contribution in [2.24, 2.45) is 7.05 Å². The fraction of sp³-hybridized carbons (Fsp3) is 0.600. The Morgan fingerprint density at radius 2 is 2.17 bits per heavy atom. The number of alkyl halides is 4. The van der Waals surface area contributed by atoms with Gasteiger partial charge in [-0.15, -0.1) is 0 Å². The second-order valence-electron chi connectivity index (χ2n) is 3.83. The molecule has 0 unspecified atom stereocenters. The van der Waals surface area contributed by atoms with Crippen LogP contribution in [0.4, 0.5) is 13.2 Å². The van der Waals surface area contributed by atoms with E-state index in [-0.39, 0.29) is 17.6 Å². The number of carbonyl (C=O) groups excluding carboxylic acids is 1. The van der Waals surface area contributed by atoms with Crippen LogP contribution in [-0.4, -0.2) is 45.2 Å². The summed E-state index contributed by atoms with van der Waals surface area (Å²) in [5, 5.41) is 4.23. The molecular weight excluding hydrogens is 315 g/mol. The van der Waals surface area contributed by atoms with Gasteiger partial charge in [0.15, 0.2) is 0 Å². The fourth-order valence-electron chi connectivity index (χ4n) is 1.54. The van der Waals surface area contributed by atoms with Gasteiger partial charge < -0.3 is 4.90 Å². The number of halogens is 4. The molecule has 0 aliphatic heterocycles. The molecule has 0 aliphatic rings. The molecule has 18 heavy (non-hydrogen) atoms. The lowest BCUT2D eigenvalue weighted by molar-refractivity contribution is -0.140. The smallest absolute Gasteiger partial charge is 0.327 e. The molecule has 8 heteroatoms. The van der Waals surface area contributed by atoms with Gasteiger partial charge in [0.25, 0.3) is 5.91 Å². The SMILES string of the molecule is Cc1cc(C(=O)N(CCBr)CC(F)(F)F)n(C)n1. The van der Waals surface area contributed by atoms with Crippen molar-refractivity contribution < 1.29 is 18.0 Å². The molecule has 0 N–H and O–H groups in total. The summed E-state index contributed by atoms with van der Waals surface area (Å²) in [6, 6.07) is 1.47. The van der Waals surface area contributed by atoms with Gasteiger partial charge in [-0.2, -0.15) is 18.3 Å². The highest BCUT2D eigenvalue weighted by molar-refractivity contribution is 9.09. The highest BCUT2D eigenvalue weighted by atomic mass is 79.9. The van der Waals surface area contributed by atoms with Crippen molar-refractivity contribution in [3.8, 4) is 0 Å². The number of amides is 1. The molecular formula is C10H13BrF3N3O. The van der Waals surface area contributed by atoms with E-state index in [0.717, 1.165) is 4.90 Å². The average Bonchev–Trinajstić information content (AvgIpc) is 2.54. The minimum absolute atomic E-state index is 0.0113. The van der Waals surface area contributed by atoms with Gasteiger partial charge in [-0.25, -0.2) is 0 Å². The molecule has 1 aromatic rings. The number of hydrogen-bond donors (Lipinski definition) is 0. The monoisotopic (exact) mass is 327 g/mol. The average molecular weight is 328 g/mol. The first-order valence-corrected chi connectivity index (χ1v) is 6.29. The molecule has 102 valence electrons. The third-order valence-corrected chi connectivity index (χ3v) is 2.59. The summed E-state index contributed by atoms with van der Waals surface area (Å²) < 4.78 is 38.4. The van der Waals surface area contributed by atoms with Crippen molar-refractivity contribution in [3.05, 3.63) is 17.5 Å². The first-order valence-electron chi connectivity index (χ1n) is 5.17. The van der Waals surface area contributed by atoms with Gasteiger partial charge in [0, 0.05) is 18.9 Å². The van der Waals surface area contributed by atoms with E-state index in [2.05, 4.69) is 21.0 Å². The summed E-state index contributed by atoms with van der Waals surface area (Å²) in [6.07, 6.45) is -4.41. The van der Waals surface area contributed by atoms with E-state index in [1.54, 1.807) is 6.92 Å². The molecule has 4 nitrogen and oxygen atoms in total. The van der Waals surface area contributed by atoms with E-state index in [0.29, 0.717) is 5.69 Å². The Morgan fingerprint density at radius 1 is 1.56 bits per heavy atom. The molecule has 0 saturated heterocycles. The van der Waals surface area contributed by atoms with Gasteiger partial charge in [-0.1, -0.05) is 15.9 Å². The maximum atomic E-state index is 12.4. The highest BCUT2D eigenvalue weighted by Gasteiger charge is 2.33. The van der Waals surface area contributed by atoms with Gasteiger partial charge in [-0.3, -0.25) is 9.48 Å². The van der Waals surface area contributed by atoms with Crippen LogP contribution in [0.5, 0.6) is 0 Å². The molecule has 0 radical (unpaired) electrons. The first kappa shape index (κ1) is 15.0. The predicted molar refractivity (Wildman–Crippen MR) is 63.7 cm³/mol. The molecule has 1 heterocycles.